The van der Waals surface area contributed by atoms with Crippen molar-refractivity contribution in [2.24, 2.45) is 16.0 Å². The van der Waals surface area contributed by atoms with Gasteiger partial charge in [-0.3, -0.25) is 20.1 Å². The van der Waals surface area contributed by atoms with Gasteiger partial charge in [0.15, 0.2) is 5.84 Å². The summed E-state index contributed by atoms with van der Waals surface area (Å²) in [6, 6.07) is 8.50. The van der Waals surface area contributed by atoms with E-state index >= 15 is 0 Å². The quantitative estimate of drug-likeness (QED) is 0.683. The van der Waals surface area contributed by atoms with E-state index in [0.717, 1.165) is 30.0 Å². The van der Waals surface area contributed by atoms with E-state index in [1.54, 1.807) is 11.8 Å². The number of hydrazone groups is 1. The number of aliphatic imine (C=N–C) groups is 1. The zero-order valence-corrected chi connectivity index (χ0v) is 20.5. The molecule has 1 fully saturated rings. The Hall–Kier alpha value is -2.36. The van der Waals surface area contributed by atoms with Crippen LogP contribution in [0.5, 0.6) is 0 Å². The fourth-order valence-corrected chi connectivity index (χ4v) is 7.36. The van der Waals surface area contributed by atoms with E-state index in [2.05, 4.69) is 52.9 Å². The van der Waals surface area contributed by atoms with E-state index in [1.165, 1.54) is 25.9 Å². The molecule has 2 aromatic rings. The molecule has 0 bridgehead atoms. The lowest BCUT2D eigenvalue weighted by molar-refractivity contribution is -0.139. The summed E-state index contributed by atoms with van der Waals surface area (Å²) in [7, 11) is 0. The number of fused-ring (bicyclic) bond motifs is 5. The third kappa shape index (κ3) is 3.48. The van der Waals surface area contributed by atoms with Gasteiger partial charge >= 0.3 is 0 Å². The van der Waals surface area contributed by atoms with Crippen molar-refractivity contribution >= 4 is 45.6 Å². The Labute approximate surface area is 201 Å². The molecule has 0 spiro atoms. The second-order valence-corrected chi connectivity index (χ2v) is 10.7. The van der Waals surface area contributed by atoms with Crippen molar-refractivity contribution < 1.29 is 9.53 Å². The number of carbonyl (C=O) groups excluding carboxylic acids is 1. The predicted octanol–water partition coefficient (Wildman–Crippen LogP) is 2.96. The van der Waals surface area contributed by atoms with E-state index in [-0.39, 0.29) is 18.0 Å². The molecule has 9 heteroatoms. The third-order valence-electron chi connectivity index (χ3n) is 6.87. The van der Waals surface area contributed by atoms with Crippen molar-refractivity contribution in [1.29, 1.82) is 0 Å². The number of rotatable bonds is 3. The van der Waals surface area contributed by atoms with Crippen LogP contribution in [-0.4, -0.2) is 67.6 Å². The molecule has 7 nitrogen and oxygen atoms in total. The molecule has 172 valence electrons. The van der Waals surface area contributed by atoms with Crippen LogP contribution >= 0.6 is 23.1 Å². The summed E-state index contributed by atoms with van der Waals surface area (Å²) < 4.78 is 5.45. The molecule has 1 aromatic carbocycles. The average molecular weight is 482 g/mol. The second kappa shape index (κ2) is 8.45. The summed E-state index contributed by atoms with van der Waals surface area (Å²) in [5, 5.41) is 5.78. The number of thioether (sulfide) groups is 1. The number of amides is 1. The van der Waals surface area contributed by atoms with Crippen molar-refractivity contribution in [2.45, 2.75) is 30.8 Å². The number of anilines is 1. The molecule has 4 heterocycles. The fourth-order valence-electron chi connectivity index (χ4n) is 5.25. The van der Waals surface area contributed by atoms with Gasteiger partial charge in [-0.25, -0.2) is 0 Å². The maximum atomic E-state index is 13.3. The van der Waals surface area contributed by atoms with Gasteiger partial charge in [-0.2, -0.15) is 5.10 Å². The standard InChI is InChI=1S/C24H27N5O2S2/c1-14-26-27-20-13-25-22(16-5-3-4-6-18(16)32-2)21-17-11-15(12-19(17)33-24(21)29(14)20)23(30)28-7-9-31-10-8-28/h3-6,14-15,26H,7-13H2,1-2H3. The highest BCUT2D eigenvalue weighted by Gasteiger charge is 2.41. The van der Waals surface area contributed by atoms with Crippen LogP contribution in [0.15, 0.2) is 39.3 Å². The molecule has 3 aliphatic heterocycles. The van der Waals surface area contributed by atoms with Crippen LogP contribution in [0.1, 0.15) is 28.5 Å². The first-order valence-electron chi connectivity index (χ1n) is 11.5. The maximum absolute atomic E-state index is 13.3. The normalized spacial score (nSPS) is 23.8. The molecule has 33 heavy (non-hydrogen) atoms. The van der Waals surface area contributed by atoms with Gasteiger partial charge < -0.3 is 9.64 Å². The molecule has 2 atom stereocenters. The third-order valence-corrected chi connectivity index (χ3v) is 8.92. The fraction of sp³-hybridized carbons (Fsp3) is 0.458. The molecular weight excluding hydrogens is 454 g/mol. The first-order valence-corrected chi connectivity index (χ1v) is 13.5. The predicted molar refractivity (Wildman–Crippen MR) is 134 cm³/mol. The van der Waals surface area contributed by atoms with Gasteiger partial charge in [0.05, 0.1) is 25.5 Å². The van der Waals surface area contributed by atoms with E-state index in [9.17, 15) is 4.79 Å². The Bertz CT molecular complexity index is 1170. The van der Waals surface area contributed by atoms with Crippen LogP contribution in [0.2, 0.25) is 0 Å². The summed E-state index contributed by atoms with van der Waals surface area (Å²) in [5.74, 6) is 1.24. The number of hydrogen-bond acceptors (Lipinski definition) is 8. The number of hydrogen-bond donors (Lipinski definition) is 1. The Morgan fingerprint density at radius 1 is 1.24 bits per heavy atom. The highest BCUT2D eigenvalue weighted by atomic mass is 32.2. The Kier molecular flexibility index (Phi) is 5.43. The largest absolute Gasteiger partial charge is 0.378 e. The highest BCUT2D eigenvalue weighted by molar-refractivity contribution is 7.98. The molecular formula is C24H27N5O2S2. The summed E-state index contributed by atoms with van der Waals surface area (Å²) >= 11 is 3.57. The topological polar surface area (TPSA) is 69.5 Å². The molecule has 2 unspecified atom stereocenters. The lowest BCUT2D eigenvalue weighted by Crippen LogP contribution is -2.44. The van der Waals surface area contributed by atoms with Crippen LogP contribution in [0.3, 0.4) is 0 Å². The number of morpholine rings is 1. The molecule has 6 rings (SSSR count). The summed E-state index contributed by atoms with van der Waals surface area (Å²) in [6.45, 7) is 5.36. The first kappa shape index (κ1) is 21.2. The van der Waals surface area contributed by atoms with E-state index < -0.39 is 0 Å². The van der Waals surface area contributed by atoms with Gasteiger partial charge in [-0.1, -0.05) is 18.2 Å². The average Bonchev–Trinajstić information content (AvgIpc) is 3.49. The van der Waals surface area contributed by atoms with E-state index in [4.69, 9.17) is 9.73 Å². The number of thiophene rings is 1. The monoisotopic (exact) mass is 481 g/mol. The number of nitrogens with one attached hydrogen (secondary N) is 1. The minimum Gasteiger partial charge on any atom is -0.378 e. The number of amidine groups is 1. The van der Waals surface area contributed by atoms with E-state index in [1.807, 2.05) is 16.2 Å². The first-order chi connectivity index (χ1) is 16.2. The van der Waals surface area contributed by atoms with Crippen molar-refractivity contribution in [3.63, 3.8) is 0 Å². The zero-order valence-electron chi connectivity index (χ0n) is 18.8. The van der Waals surface area contributed by atoms with Gasteiger partial charge in [-0.15, -0.1) is 23.1 Å². The molecule has 1 aliphatic carbocycles. The molecule has 0 saturated carbocycles. The van der Waals surface area contributed by atoms with Gasteiger partial charge in [0.25, 0.3) is 0 Å². The minimum atomic E-state index is 0.0113. The second-order valence-electron chi connectivity index (χ2n) is 8.79. The van der Waals surface area contributed by atoms with Crippen LogP contribution in [0.25, 0.3) is 0 Å². The van der Waals surface area contributed by atoms with Crippen LogP contribution in [0, 0.1) is 5.92 Å². The van der Waals surface area contributed by atoms with Gasteiger partial charge in [0, 0.05) is 39.9 Å². The van der Waals surface area contributed by atoms with Crippen molar-refractivity contribution in [3.05, 3.63) is 45.8 Å². The van der Waals surface area contributed by atoms with Gasteiger partial charge in [0.1, 0.15) is 11.2 Å². The van der Waals surface area contributed by atoms with Crippen LogP contribution in [-0.2, 0) is 22.4 Å². The van der Waals surface area contributed by atoms with Crippen molar-refractivity contribution in [3.8, 4) is 0 Å². The number of carbonyl (C=O) groups is 1. The Balaban J connectivity index is 1.43. The molecule has 1 amide bonds. The SMILES string of the molecule is CSc1ccccc1C1=NCC2=NNC(C)N2c2sc3c(c21)CC(C(=O)N1CCOCC1)C3. The lowest BCUT2D eigenvalue weighted by Gasteiger charge is -2.29. The molecule has 1 N–H and O–H groups in total. The van der Waals surface area contributed by atoms with Crippen molar-refractivity contribution in [1.82, 2.24) is 10.3 Å². The van der Waals surface area contributed by atoms with E-state index in [0.29, 0.717) is 32.8 Å². The maximum Gasteiger partial charge on any atom is 0.226 e. The van der Waals surface area contributed by atoms with Crippen LogP contribution in [0.4, 0.5) is 5.00 Å². The molecule has 0 radical (unpaired) electrons. The number of ether oxygens (including phenoxy) is 1. The van der Waals surface area contributed by atoms with Gasteiger partial charge in [-0.05, 0) is 37.7 Å². The Morgan fingerprint density at radius 3 is 2.88 bits per heavy atom. The molecule has 4 aliphatic rings. The minimum absolute atomic E-state index is 0.0113. The lowest BCUT2D eigenvalue weighted by atomic mass is 9.97. The Morgan fingerprint density at radius 2 is 2.06 bits per heavy atom. The summed E-state index contributed by atoms with van der Waals surface area (Å²) in [4.78, 5) is 25.2. The number of benzene rings is 1. The molecule has 1 saturated heterocycles. The van der Waals surface area contributed by atoms with Crippen LogP contribution < -0.4 is 10.3 Å². The zero-order chi connectivity index (χ0) is 22.5. The molecule has 1 aromatic heterocycles. The van der Waals surface area contributed by atoms with Crippen molar-refractivity contribution in [2.75, 3.05) is 44.0 Å². The number of nitrogens with zero attached hydrogens (tertiary/aromatic N) is 4. The smallest absolute Gasteiger partial charge is 0.226 e. The highest BCUT2D eigenvalue weighted by Crippen LogP contribution is 2.46. The summed E-state index contributed by atoms with van der Waals surface area (Å²) in [5.41, 5.74) is 7.92. The summed E-state index contributed by atoms with van der Waals surface area (Å²) in [6.07, 6.45) is 3.79. The van der Waals surface area contributed by atoms with Gasteiger partial charge in [0.2, 0.25) is 5.91 Å².